The van der Waals surface area contributed by atoms with Crippen molar-refractivity contribution in [2.75, 3.05) is 11.9 Å². The summed E-state index contributed by atoms with van der Waals surface area (Å²) in [6, 6.07) is 6.70. The number of benzene rings is 1. The molecule has 0 aliphatic carbocycles. The minimum Gasteiger partial charge on any atom is -0.370 e. The van der Waals surface area contributed by atoms with E-state index in [0.29, 0.717) is 0 Å². The van der Waals surface area contributed by atoms with Crippen molar-refractivity contribution in [2.45, 2.75) is 45.4 Å². The van der Waals surface area contributed by atoms with Gasteiger partial charge in [-0.05, 0) is 40.2 Å². The van der Waals surface area contributed by atoms with Gasteiger partial charge in [-0.25, -0.2) is 9.97 Å². The molecule has 4 heteroatoms. The largest absolute Gasteiger partial charge is 0.370 e. The van der Waals surface area contributed by atoms with E-state index in [1.54, 1.807) is 11.8 Å². The van der Waals surface area contributed by atoms with Crippen molar-refractivity contribution in [3.05, 3.63) is 46.3 Å². The van der Waals surface area contributed by atoms with E-state index in [1.807, 2.05) is 6.92 Å². The highest BCUT2D eigenvalue weighted by molar-refractivity contribution is 7.98. The van der Waals surface area contributed by atoms with Crippen molar-refractivity contribution in [2.24, 2.45) is 0 Å². The Morgan fingerprint density at radius 3 is 2.29 bits per heavy atom. The van der Waals surface area contributed by atoms with Crippen LogP contribution in [0.2, 0.25) is 0 Å². The Labute approximate surface area is 131 Å². The quantitative estimate of drug-likeness (QED) is 0.654. The number of anilines is 1. The van der Waals surface area contributed by atoms with Gasteiger partial charge in [0.05, 0.1) is 0 Å². The zero-order valence-corrected chi connectivity index (χ0v) is 14.3. The van der Waals surface area contributed by atoms with Gasteiger partial charge in [0.15, 0.2) is 0 Å². The molecule has 0 radical (unpaired) electrons. The lowest BCUT2D eigenvalue weighted by atomic mass is 10.1. The summed E-state index contributed by atoms with van der Waals surface area (Å²) in [5.74, 6) is 2.71. The molecule has 112 valence electrons. The Hall–Kier alpha value is -1.55. The van der Waals surface area contributed by atoms with E-state index in [0.717, 1.165) is 34.5 Å². The number of hydrogen-bond donors (Lipinski definition) is 1. The highest BCUT2D eigenvalue weighted by atomic mass is 32.2. The van der Waals surface area contributed by atoms with Crippen LogP contribution in [-0.4, -0.2) is 16.5 Å². The summed E-state index contributed by atoms with van der Waals surface area (Å²) in [6.45, 7) is 11.3. The lowest BCUT2D eigenvalue weighted by molar-refractivity contribution is 0.932. The lowest BCUT2D eigenvalue weighted by Gasteiger charge is -2.12. The minimum absolute atomic E-state index is 0.819. The second-order valence-corrected chi connectivity index (χ2v) is 6.33. The second kappa shape index (κ2) is 6.94. The average molecular weight is 301 g/mol. The topological polar surface area (TPSA) is 37.8 Å². The van der Waals surface area contributed by atoms with E-state index in [-0.39, 0.29) is 0 Å². The molecule has 3 nitrogen and oxygen atoms in total. The molecule has 1 N–H and O–H groups in total. The zero-order chi connectivity index (χ0) is 15.4. The van der Waals surface area contributed by atoms with E-state index in [9.17, 15) is 0 Å². The molecule has 0 aliphatic heterocycles. The molecule has 21 heavy (non-hydrogen) atoms. The maximum absolute atomic E-state index is 4.59. The first-order chi connectivity index (χ1) is 9.99. The Bertz CT molecular complexity index is 618. The van der Waals surface area contributed by atoms with Crippen molar-refractivity contribution >= 4 is 17.6 Å². The van der Waals surface area contributed by atoms with E-state index in [1.165, 1.54) is 16.7 Å². The molecule has 0 aliphatic rings. The molecule has 1 heterocycles. The van der Waals surface area contributed by atoms with Gasteiger partial charge in [0, 0.05) is 17.9 Å². The Morgan fingerprint density at radius 1 is 1.00 bits per heavy atom. The number of thioether (sulfide) groups is 1. The van der Waals surface area contributed by atoms with Gasteiger partial charge in [0.25, 0.3) is 0 Å². The van der Waals surface area contributed by atoms with Crippen molar-refractivity contribution in [3.8, 4) is 0 Å². The molecule has 0 atom stereocenters. The van der Waals surface area contributed by atoms with E-state index >= 15 is 0 Å². The number of hydrogen-bond acceptors (Lipinski definition) is 4. The van der Waals surface area contributed by atoms with Crippen LogP contribution in [0.4, 0.5) is 5.82 Å². The number of nitrogens with zero attached hydrogens (tertiary/aromatic N) is 2. The van der Waals surface area contributed by atoms with Crippen LogP contribution in [0.1, 0.15) is 35.0 Å². The first-order valence-electron chi connectivity index (χ1n) is 7.28. The summed E-state index contributed by atoms with van der Waals surface area (Å²) in [6.07, 6.45) is 0. The van der Waals surface area contributed by atoms with Gasteiger partial charge >= 0.3 is 0 Å². The Kier molecular flexibility index (Phi) is 5.23. The van der Waals surface area contributed by atoms with Crippen molar-refractivity contribution < 1.29 is 0 Å². The summed E-state index contributed by atoms with van der Waals surface area (Å²) in [5, 5.41) is 4.38. The molecular weight excluding hydrogens is 278 g/mol. The first kappa shape index (κ1) is 15.8. The highest BCUT2D eigenvalue weighted by Gasteiger charge is 2.09. The van der Waals surface area contributed by atoms with Gasteiger partial charge in [0.2, 0.25) is 0 Å². The molecule has 1 aromatic carbocycles. The molecule has 0 spiro atoms. The van der Waals surface area contributed by atoms with Crippen LogP contribution in [0.25, 0.3) is 0 Å². The number of aromatic nitrogens is 2. The Morgan fingerprint density at radius 2 is 1.67 bits per heavy atom. The SMILES string of the molecule is CCNc1nc(C)nc(SCc2cc(C)cc(C)c2)c1C. The maximum atomic E-state index is 4.59. The molecular formula is C17H23N3S. The van der Waals surface area contributed by atoms with Gasteiger partial charge in [-0.1, -0.05) is 29.3 Å². The number of aryl methyl sites for hydroxylation is 3. The molecule has 0 amide bonds. The summed E-state index contributed by atoms with van der Waals surface area (Å²) in [7, 11) is 0. The fraction of sp³-hybridized carbons (Fsp3) is 0.412. The smallest absolute Gasteiger partial charge is 0.133 e. The second-order valence-electron chi connectivity index (χ2n) is 5.36. The third-order valence-corrected chi connectivity index (χ3v) is 4.36. The van der Waals surface area contributed by atoms with Crippen LogP contribution in [0.15, 0.2) is 23.2 Å². The highest BCUT2D eigenvalue weighted by Crippen LogP contribution is 2.28. The molecule has 2 rings (SSSR count). The van der Waals surface area contributed by atoms with E-state index in [2.05, 4.69) is 61.2 Å². The predicted octanol–water partition coefficient (Wildman–Crippen LogP) is 4.43. The molecule has 0 bridgehead atoms. The fourth-order valence-electron chi connectivity index (χ4n) is 2.39. The molecule has 0 fully saturated rings. The molecule has 2 aromatic rings. The van der Waals surface area contributed by atoms with Gasteiger partial charge in [0.1, 0.15) is 16.7 Å². The summed E-state index contributed by atoms with van der Waals surface area (Å²) < 4.78 is 0. The van der Waals surface area contributed by atoms with Gasteiger partial charge in [-0.15, -0.1) is 11.8 Å². The summed E-state index contributed by atoms with van der Waals surface area (Å²) in [5.41, 5.74) is 5.11. The standard InChI is InChI=1S/C17H23N3S/c1-6-18-16-13(4)17(20-14(5)19-16)21-10-15-8-11(2)7-12(3)9-15/h7-9H,6,10H2,1-5H3,(H,18,19,20). The average Bonchev–Trinajstić information content (AvgIpc) is 2.40. The van der Waals surface area contributed by atoms with E-state index < -0.39 is 0 Å². The van der Waals surface area contributed by atoms with Gasteiger partial charge in [-0.2, -0.15) is 0 Å². The van der Waals surface area contributed by atoms with E-state index in [4.69, 9.17) is 0 Å². The van der Waals surface area contributed by atoms with Crippen LogP contribution < -0.4 is 5.32 Å². The zero-order valence-electron chi connectivity index (χ0n) is 13.4. The maximum Gasteiger partial charge on any atom is 0.133 e. The van der Waals surface area contributed by atoms with Crippen molar-refractivity contribution in [1.82, 2.24) is 9.97 Å². The molecule has 0 saturated carbocycles. The summed E-state index contributed by atoms with van der Waals surface area (Å²) in [4.78, 5) is 9.06. The fourth-order valence-corrected chi connectivity index (χ4v) is 3.37. The summed E-state index contributed by atoms with van der Waals surface area (Å²) >= 11 is 1.78. The molecule has 0 unspecified atom stereocenters. The molecule has 0 saturated heterocycles. The van der Waals surface area contributed by atoms with Crippen LogP contribution in [0, 0.1) is 27.7 Å². The van der Waals surface area contributed by atoms with Crippen LogP contribution >= 0.6 is 11.8 Å². The molecule has 1 aromatic heterocycles. The third-order valence-electron chi connectivity index (χ3n) is 3.21. The first-order valence-corrected chi connectivity index (χ1v) is 8.27. The Balaban J connectivity index is 2.19. The van der Waals surface area contributed by atoms with Crippen LogP contribution in [0.5, 0.6) is 0 Å². The number of rotatable bonds is 5. The van der Waals surface area contributed by atoms with Gasteiger partial charge in [-0.3, -0.25) is 0 Å². The van der Waals surface area contributed by atoms with Crippen molar-refractivity contribution in [1.29, 1.82) is 0 Å². The monoisotopic (exact) mass is 301 g/mol. The third kappa shape index (κ3) is 4.21. The van der Waals surface area contributed by atoms with Gasteiger partial charge < -0.3 is 5.32 Å². The van der Waals surface area contributed by atoms with Crippen molar-refractivity contribution in [3.63, 3.8) is 0 Å². The van der Waals surface area contributed by atoms with Crippen LogP contribution in [-0.2, 0) is 5.75 Å². The van der Waals surface area contributed by atoms with Crippen LogP contribution in [0.3, 0.4) is 0 Å². The normalized spacial score (nSPS) is 10.7. The minimum atomic E-state index is 0.819. The number of nitrogens with one attached hydrogen (secondary N) is 1. The lowest BCUT2D eigenvalue weighted by Crippen LogP contribution is -2.05. The predicted molar refractivity (Wildman–Crippen MR) is 91.1 cm³/mol.